The number of hydrogen-bond donors (Lipinski definition) is 2. The van der Waals surface area contributed by atoms with Gasteiger partial charge in [-0.15, -0.1) is 0 Å². The van der Waals surface area contributed by atoms with Crippen molar-refractivity contribution in [3.05, 3.63) is 69.6 Å². The van der Waals surface area contributed by atoms with Crippen molar-refractivity contribution >= 4 is 57.5 Å². The lowest BCUT2D eigenvalue weighted by molar-refractivity contribution is -0.111. The van der Waals surface area contributed by atoms with Gasteiger partial charge in [0.2, 0.25) is 5.91 Å². The van der Waals surface area contributed by atoms with E-state index in [0.717, 1.165) is 0 Å². The monoisotopic (exact) mass is 709 g/mol. The third-order valence-corrected chi connectivity index (χ3v) is 9.41. The highest BCUT2D eigenvalue weighted by molar-refractivity contribution is 6.41. The van der Waals surface area contributed by atoms with E-state index >= 15 is 0 Å². The highest BCUT2D eigenvalue weighted by atomic mass is 35.5. The van der Waals surface area contributed by atoms with E-state index in [4.69, 9.17) is 42.4 Å². The lowest BCUT2D eigenvalue weighted by Crippen LogP contribution is -2.58. The second kappa shape index (κ2) is 14.3. The molecule has 0 aliphatic carbocycles. The third kappa shape index (κ3) is 6.45. The van der Waals surface area contributed by atoms with Crippen LogP contribution in [0, 0.1) is 0 Å². The van der Waals surface area contributed by atoms with E-state index in [1.165, 1.54) is 32.3 Å². The average Bonchev–Trinajstić information content (AvgIpc) is 3.07. The van der Waals surface area contributed by atoms with Crippen LogP contribution in [-0.2, 0) is 11.3 Å². The summed E-state index contributed by atoms with van der Waals surface area (Å²) >= 11 is 13.4. The number of nitrogens with one attached hydrogen (secondary N) is 1. The molecule has 2 aromatic heterocycles. The zero-order valence-electron chi connectivity index (χ0n) is 28.0. The van der Waals surface area contributed by atoms with Crippen LogP contribution in [0.5, 0.6) is 17.2 Å². The van der Waals surface area contributed by atoms with Crippen molar-refractivity contribution in [1.29, 1.82) is 0 Å². The molecule has 0 saturated carbocycles. The minimum absolute atomic E-state index is 0.170. The molecular formula is C35H37Cl2N5O7. The molecule has 2 N–H and O–H groups in total. The second-order valence-corrected chi connectivity index (χ2v) is 12.3. The van der Waals surface area contributed by atoms with Gasteiger partial charge in [-0.2, -0.15) is 0 Å². The van der Waals surface area contributed by atoms with Crippen LogP contribution in [0.1, 0.15) is 20.8 Å². The molecule has 5 rings (SSSR count). The first-order valence-corrected chi connectivity index (χ1v) is 16.2. The highest BCUT2D eigenvalue weighted by Crippen LogP contribution is 2.46. The van der Waals surface area contributed by atoms with E-state index in [0.29, 0.717) is 70.4 Å². The number of fused-ring (bicyclic) bond motifs is 1. The molecule has 0 unspecified atom stereocenters. The first-order chi connectivity index (χ1) is 23.4. The topological polar surface area (TPSA) is 135 Å². The average molecular weight is 711 g/mol. The van der Waals surface area contributed by atoms with Gasteiger partial charge in [0.15, 0.2) is 0 Å². The predicted octanol–water partition coefficient (Wildman–Crippen LogP) is 6.78. The Balaban J connectivity index is 1.68. The van der Waals surface area contributed by atoms with E-state index in [1.54, 1.807) is 41.1 Å². The molecule has 14 heteroatoms. The zero-order valence-corrected chi connectivity index (χ0v) is 29.5. The molecule has 4 aromatic rings. The summed E-state index contributed by atoms with van der Waals surface area (Å²) in [5.41, 5.74) is 2.94. The summed E-state index contributed by atoms with van der Waals surface area (Å²) in [4.78, 5) is 46.7. The number of pyridine rings is 2. The van der Waals surface area contributed by atoms with Crippen molar-refractivity contribution in [3.63, 3.8) is 0 Å². The molecule has 0 bridgehead atoms. The van der Waals surface area contributed by atoms with Crippen molar-refractivity contribution in [1.82, 2.24) is 14.5 Å². The number of aromatic nitrogens is 2. The number of rotatable bonds is 9. The Morgan fingerprint density at radius 3 is 2.12 bits per heavy atom. The van der Waals surface area contributed by atoms with Gasteiger partial charge in [0.05, 0.1) is 71.6 Å². The van der Waals surface area contributed by atoms with Crippen LogP contribution in [0.3, 0.4) is 0 Å². The Labute approximate surface area is 293 Å². The molecule has 2 atom stereocenters. The second-order valence-electron chi connectivity index (χ2n) is 11.6. The molecule has 258 valence electrons. The van der Waals surface area contributed by atoms with Gasteiger partial charge in [-0.1, -0.05) is 29.8 Å². The van der Waals surface area contributed by atoms with E-state index in [9.17, 15) is 19.5 Å². The minimum Gasteiger partial charge on any atom is -0.496 e. The number of anilines is 2. The normalized spacial score (nSPS) is 16.0. The smallest absolute Gasteiger partial charge is 0.407 e. The molecule has 0 spiro atoms. The molecule has 49 heavy (non-hydrogen) atoms. The van der Waals surface area contributed by atoms with Gasteiger partial charge in [-0.05, 0) is 45.0 Å². The van der Waals surface area contributed by atoms with Crippen LogP contribution in [0.15, 0.2) is 54.0 Å². The van der Waals surface area contributed by atoms with Gasteiger partial charge < -0.3 is 34.1 Å². The van der Waals surface area contributed by atoms with Gasteiger partial charge in [0.1, 0.15) is 17.2 Å². The van der Waals surface area contributed by atoms with Crippen LogP contribution in [-0.4, -0.2) is 78.1 Å². The Hall–Kier alpha value is -4.94. The molecule has 0 radical (unpaired) electrons. The zero-order chi connectivity index (χ0) is 35.7. The molecule has 2 amide bonds. The Bertz CT molecular complexity index is 1990. The molecule has 1 aliphatic heterocycles. The number of nitrogens with zero attached hydrogens (tertiary/aromatic N) is 4. The molecule has 12 nitrogen and oxygen atoms in total. The maximum Gasteiger partial charge on any atom is 0.407 e. The van der Waals surface area contributed by atoms with Gasteiger partial charge >= 0.3 is 6.09 Å². The summed E-state index contributed by atoms with van der Waals surface area (Å²) in [6.07, 6.45) is 1.83. The van der Waals surface area contributed by atoms with Crippen LogP contribution in [0.4, 0.5) is 16.2 Å². The number of ether oxygens (including phenoxy) is 3. The lowest BCUT2D eigenvalue weighted by Gasteiger charge is -2.44. The van der Waals surface area contributed by atoms with E-state index < -0.39 is 12.0 Å². The molecule has 1 fully saturated rings. The number of benzene rings is 2. The van der Waals surface area contributed by atoms with Crippen LogP contribution in [0.25, 0.3) is 33.3 Å². The largest absolute Gasteiger partial charge is 0.496 e. The van der Waals surface area contributed by atoms with E-state index in [-0.39, 0.29) is 38.8 Å². The van der Waals surface area contributed by atoms with Gasteiger partial charge in [0, 0.05) is 54.5 Å². The number of methoxy groups -OCH3 is 3. The van der Waals surface area contributed by atoms with E-state index in [2.05, 4.69) is 11.9 Å². The number of carbonyl (C=O) groups is 2. The molecular weight excluding hydrogens is 673 g/mol. The number of carbonyl (C=O) groups excluding carboxylic acids is 1. The molecule has 2 aromatic carbocycles. The molecule has 1 aliphatic rings. The van der Waals surface area contributed by atoms with Crippen molar-refractivity contribution in [3.8, 4) is 39.6 Å². The van der Waals surface area contributed by atoms with Gasteiger partial charge in [0.25, 0.3) is 5.56 Å². The number of amides is 2. The quantitative estimate of drug-likeness (QED) is 0.180. The molecule has 1 saturated heterocycles. The van der Waals surface area contributed by atoms with Crippen molar-refractivity contribution in [2.75, 3.05) is 44.6 Å². The number of halogens is 2. The fourth-order valence-corrected chi connectivity index (χ4v) is 7.12. The van der Waals surface area contributed by atoms with Crippen molar-refractivity contribution in [2.45, 2.75) is 39.4 Å². The Morgan fingerprint density at radius 2 is 1.59 bits per heavy atom. The number of carboxylic acid groups (broad SMARTS) is 1. The summed E-state index contributed by atoms with van der Waals surface area (Å²) in [6, 6.07) is 7.96. The fraction of sp³-hybridized carbons (Fsp3) is 0.314. The lowest BCUT2D eigenvalue weighted by atomic mass is 10.0. The summed E-state index contributed by atoms with van der Waals surface area (Å²) < 4.78 is 18.3. The number of aryl methyl sites for hydroxylation is 1. The predicted molar refractivity (Wildman–Crippen MR) is 192 cm³/mol. The standard InChI is InChI=1S/C35H37Cl2N5O7/c1-8-30(43)39-24-11-21(27(47-5)13-26(24)40-16-18(3)42(35(45)46)19(4)17-40)23-12-25-20(15-38-23)10-22(34(44)41(25)9-2)31-32(36)28(48-6)14-29(49-7)33(31)37/h8,10-15,18-19H,1,9,16-17H2,2-7H3,(H,39,43)(H,45,46)/t18-,19+. The summed E-state index contributed by atoms with van der Waals surface area (Å²) in [5.74, 6) is 0.643. The Kier molecular flexibility index (Phi) is 10.3. The summed E-state index contributed by atoms with van der Waals surface area (Å²) in [7, 11) is 4.46. The maximum atomic E-state index is 14.1. The minimum atomic E-state index is -0.984. The number of hydrogen-bond acceptors (Lipinski definition) is 8. The Morgan fingerprint density at radius 1 is 0.980 bits per heavy atom. The maximum absolute atomic E-state index is 14.1. The van der Waals surface area contributed by atoms with Crippen LogP contribution < -0.4 is 30.0 Å². The van der Waals surface area contributed by atoms with E-state index in [1.807, 2.05) is 25.7 Å². The van der Waals surface area contributed by atoms with Crippen LogP contribution >= 0.6 is 23.2 Å². The summed E-state index contributed by atoms with van der Waals surface area (Å²) in [5, 5.41) is 13.6. The summed E-state index contributed by atoms with van der Waals surface area (Å²) in [6.45, 7) is 10.2. The fourth-order valence-electron chi connectivity index (χ4n) is 6.41. The first kappa shape index (κ1) is 35.4. The van der Waals surface area contributed by atoms with Crippen molar-refractivity contribution in [2.24, 2.45) is 0 Å². The third-order valence-electron chi connectivity index (χ3n) is 8.65. The first-order valence-electron chi connectivity index (χ1n) is 15.4. The molecule has 3 heterocycles. The number of piperazine rings is 1. The van der Waals surface area contributed by atoms with Gasteiger partial charge in [-0.3, -0.25) is 19.5 Å². The SMILES string of the molecule is C=CC(=O)Nc1cc(-c2cc3c(cn2)cc(-c2c(Cl)c(OC)cc(OC)c2Cl)c(=O)n3CC)c(OC)cc1N1C[C@@H](C)N(C(=O)O)[C@@H](C)C1. The van der Waals surface area contributed by atoms with Crippen LogP contribution in [0.2, 0.25) is 10.0 Å². The highest BCUT2D eigenvalue weighted by Gasteiger charge is 2.34. The van der Waals surface area contributed by atoms with Gasteiger partial charge in [-0.25, -0.2) is 4.79 Å². The van der Waals surface area contributed by atoms with Crippen molar-refractivity contribution < 1.29 is 28.9 Å².